The van der Waals surface area contributed by atoms with Gasteiger partial charge in [0.1, 0.15) is 6.26 Å². The molecule has 1 saturated heterocycles. The summed E-state index contributed by atoms with van der Waals surface area (Å²) in [5.74, 6) is -0.699. The van der Waals surface area contributed by atoms with Crippen molar-refractivity contribution in [1.82, 2.24) is 20.5 Å². The zero-order valence-electron chi connectivity index (χ0n) is 13.4. The van der Waals surface area contributed by atoms with E-state index in [-0.39, 0.29) is 29.5 Å². The third-order valence-corrected chi connectivity index (χ3v) is 4.21. The Balaban J connectivity index is 1.68. The molecule has 3 rings (SSSR count). The Kier molecular flexibility index (Phi) is 4.90. The monoisotopic (exact) mass is 328 g/mol. The molecule has 24 heavy (non-hydrogen) atoms. The number of aromatic nitrogens is 1. The summed E-state index contributed by atoms with van der Waals surface area (Å²) in [4.78, 5) is 30.4. The van der Waals surface area contributed by atoms with Crippen LogP contribution in [-0.4, -0.2) is 47.9 Å². The van der Waals surface area contributed by atoms with E-state index in [9.17, 15) is 9.59 Å². The number of carbonyl (C=O) groups excluding carboxylic acids is 2. The number of likely N-dealkylation sites (tertiary alicyclic amines) is 1. The van der Waals surface area contributed by atoms with Crippen LogP contribution in [0.1, 0.15) is 16.1 Å². The molecule has 0 bridgehead atoms. The predicted octanol–water partition coefficient (Wildman–Crippen LogP) is 0.651. The first kappa shape index (κ1) is 16.2. The van der Waals surface area contributed by atoms with Gasteiger partial charge in [-0.15, -0.1) is 0 Å². The van der Waals surface area contributed by atoms with E-state index < -0.39 is 0 Å². The number of benzene rings is 1. The van der Waals surface area contributed by atoms with Crippen molar-refractivity contribution in [2.75, 3.05) is 20.1 Å². The Hall–Kier alpha value is -2.67. The van der Waals surface area contributed by atoms with E-state index in [1.54, 1.807) is 7.05 Å². The first-order chi connectivity index (χ1) is 11.7. The third kappa shape index (κ3) is 3.62. The molecule has 0 radical (unpaired) electrons. The minimum atomic E-state index is -0.329. The van der Waals surface area contributed by atoms with Gasteiger partial charge in [-0.25, -0.2) is 4.98 Å². The molecule has 1 aliphatic heterocycles. The van der Waals surface area contributed by atoms with Gasteiger partial charge in [-0.05, 0) is 5.56 Å². The summed E-state index contributed by atoms with van der Waals surface area (Å²) < 4.78 is 4.83. The Bertz CT molecular complexity index is 687. The third-order valence-electron chi connectivity index (χ3n) is 4.21. The molecule has 2 atom stereocenters. The fourth-order valence-corrected chi connectivity index (χ4v) is 3.02. The van der Waals surface area contributed by atoms with Crippen LogP contribution >= 0.6 is 0 Å². The SMILES string of the molecule is CNC(=O)[C@H]1CN(Cc2ccccc2)C[C@@H]1NC(=O)c1cocn1. The van der Waals surface area contributed by atoms with Gasteiger partial charge < -0.3 is 15.1 Å². The van der Waals surface area contributed by atoms with E-state index in [0.717, 1.165) is 6.54 Å². The summed E-state index contributed by atoms with van der Waals surface area (Å²) in [7, 11) is 1.61. The number of oxazole rings is 1. The molecule has 0 saturated carbocycles. The van der Waals surface area contributed by atoms with Crippen molar-refractivity contribution in [1.29, 1.82) is 0 Å². The van der Waals surface area contributed by atoms with Crippen LogP contribution in [0.3, 0.4) is 0 Å². The lowest BCUT2D eigenvalue weighted by Crippen LogP contribution is -2.45. The van der Waals surface area contributed by atoms with Crippen LogP contribution in [0.5, 0.6) is 0 Å². The van der Waals surface area contributed by atoms with Gasteiger partial charge in [0.05, 0.1) is 12.0 Å². The van der Waals surface area contributed by atoms with Gasteiger partial charge in [-0.2, -0.15) is 0 Å². The maximum Gasteiger partial charge on any atom is 0.273 e. The van der Waals surface area contributed by atoms with Crippen LogP contribution in [0.4, 0.5) is 0 Å². The number of rotatable bonds is 5. The van der Waals surface area contributed by atoms with Gasteiger partial charge in [-0.1, -0.05) is 30.3 Å². The molecule has 2 amide bonds. The van der Waals surface area contributed by atoms with Gasteiger partial charge in [-0.3, -0.25) is 14.5 Å². The van der Waals surface area contributed by atoms with Crippen LogP contribution in [0.2, 0.25) is 0 Å². The second kappa shape index (κ2) is 7.27. The topological polar surface area (TPSA) is 87.5 Å². The second-order valence-corrected chi connectivity index (χ2v) is 5.85. The normalized spacial score (nSPS) is 20.7. The highest BCUT2D eigenvalue weighted by Crippen LogP contribution is 2.20. The average molecular weight is 328 g/mol. The first-order valence-corrected chi connectivity index (χ1v) is 7.84. The van der Waals surface area contributed by atoms with Crippen LogP contribution in [-0.2, 0) is 11.3 Å². The molecule has 0 spiro atoms. The van der Waals surface area contributed by atoms with Crippen molar-refractivity contribution < 1.29 is 14.0 Å². The molecule has 7 nitrogen and oxygen atoms in total. The summed E-state index contributed by atoms with van der Waals surface area (Å²) in [6, 6.07) is 9.79. The fourth-order valence-electron chi connectivity index (χ4n) is 3.02. The molecule has 1 aromatic heterocycles. The highest BCUT2D eigenvalue weighted by atomic mass is 16.3. The second-order valence-electron chi connectivity index (χ2n) is 5.85. The summed E-state index contributed by atoms with van der Waals surface area (Å²) in [6.45, 7) is 1.94. The summed E-state index contributed by atoms with van der Waals surface area (Å²) >= 11 is 0. The lowest BCUT2D eigenvalue weighted by Gasteiger charge is -2.17. The van der Waals surface area contributed by atoms with Crippen LogP contribution in [0, 0.1) is 5.92 Å². The molecule has 1 aromatic carbocycles. The average Bonchev–Trinajstić information content (AvgIpc) is 3.25. The number of carbonyl (C=O) groups is 2. The summed E-state index contributed by atoms with van der Waals surface area (Å²) in [5, 5.41) is 5.58. The smallest absolute Gasteiger partial charge is 0.273 e. The summed E-state index contributed by atoms with van der Waals surface area (Å²) in [6.07, 6.45) is 2.50. The number of hydrogen-bond donors (Lipinski definition) is 2. The highest BCUT2D eigenvalue weighted by molar-refractivity contribution is 5.92. The zero-order chi connectivity index (χ0) is 16.9. The number of hydrogen-bond acceptors (Lipinski definition) is 5. The molecule has 0 aliphatic carbocycles. The number of nitrogens with one attached hydrogen (secondary N) is 2. The minimum Gasteiger partial charge on any atom is -0.451 e. The van der Waals surface area contributed by atoms with Gasteiger partial charge in [0.15, 0.2) is 12.1 Å². The van der Waals surface area contributed by atoms with Crippen LogP contribution < -0.4 is 10.6 Å². The lowest BCUT2D eigenvalue weighted by molar-refractivity contribution is -0.124. The van der Waals surface area contributed by atoms with Crippen molar-refractivity contribution in [2.24, 2.45) is 5.92 Å². The molecule has 1 aliphatic rings. The van der Waals surface area contributed by atoms with Gasteiger partial charge in [0.25, 0.3) is 5.91 Å². The largest absolute Gasteiger partial charge is 0.451 e. The molecule has 2 aromatic rings. The molecule has 1 fully saturated rings. The van der Waals surface area contributed by atoms with Gasteiger partial charge in [0.2, 0.25) is 5.91 Å². The van der Waals surface area contributed by atoms with Gasteiger partial charge >= 0.3 is 0 Å². The van der Waals surface area contributed by atoms with E-state index in [2.05, 4.69) is 32.7 Å². The van der Waals surface area contributed by atoms with Crippen molar-refractivity contribution in [3.63, 3.8) is 0 Å². The van der Waals surface area contributed by atoms with Gasteiger partial charge in [0, 0.05) is 26.7 Å². The molecule has 7 heteroatoms. The maximum absolute atomic E-state index is 12.2. The van der Waals surface area contributed by atoms with E-state index in [4.69, 9.17) is 4.42 Å². The standard InChI is InChI=1S/C17H20N4O3/c1-18-16(22)13-8-21(7-12-5-3-2-4-6-12)9-14(13)20-17(23)15-10-24-11-19-15/h2-6,10-11,13-14H,7-9H2,1H3,(H,18,22)(H,20,23)/t13-,14-/m0/s1. The first-order valence-electron chi connectivity index (χ1n) is 7.84. The van der Waals surface area contributed by atoms with Crippen molar-refractivity contribution in [3.8, 4) is 0 Å². The Morgan fingerprint density at radius 2 is 2.08 bits per heavy atom. The fraction of sp³-hybridized carbons (Fsp3) is 0.353. The Morgan fingerprint density at radius 1 is 1.29 bits per heavy atom. The lowest BCUT2D eigenvalue weighted by atomic mass is 10.0. The minimum absolute atomic E-state index is 0.0731. The van der Waals surface area contributed by atoms with Crippen molar-refractivity contribution in [3.05, 3.63) is 54.2 Å². The van der Waals surface area contributed by atoms with Crippen molar-refractivity contribution in [2.45, 2.75) is 12.6 Å². The summed E-state index contributed by atoms with van der Waals surface area (Å²) in [5.41, 5.74) is 1.39. The molecular formula is C17H20N4O3. The Morgan fingerprint density at radius 3 is 2.75 bits per heavy atom. The maximum atomic E-state index is 12.2. The molecule has 2 heterocycles. The zero-order valence-corrected chi connectivity index (χ0v) is 13.4. The van der Waals surface area contributed by atoms with Crippen molar-refractivity contribution >= 4 is 11.8 Å². The molecule has 126 valence electrons. The molecular weight excluding hydrogens is 308 g/mol. The highest BCUT2D eigenvalue weighted by Gasteiger charge is 2.38. The van der Waals surface area contributed by atoms with E-state index in [1.165, 1.54) is 18.2 Å². The molecule has 0 unspecified atom stereocenters. The van der Waals surface area contributed by atoms with E-state index in [0.29, 0.717) is 13.1 Å². The van der Waals surface area contributed by atoms with E-state index in [1.807, 2.05) is 18.2 Å². The quantitative estimate of drug-likeness (QED) is 0.841. The van der Waals surface area contributed by atoms with E-state index >= 15 is 0 Å². The molecule has 2 N–H and O–H groups in total. The number of nitrogens with zero attached hydrogens (tertiary/aromatic N) is 2. The Labute approximate surface area is 140 Å². The number of amides is 2. The predicted molar refractivity (Wildman–Crippen MR) is 87.0 cm³/mol. The van der Waals surface area contributed by atoms with Crippen LogP contribution in [0.15, 0.2) is 47.4 Å². The van der Waals surface area contributed by atoms with Crippen LogP contribution in [0.25, 0.3) is 0 Å².